The van der Waals surface area contributed by atoms with Crippen molar-refractivity contribution >= 4 is 11.9 Å². The van der Waals surface area contributed by atoms with Crippen LogP contribution >= 0.6 is 0 Å². The van der Waals surface area contributed by atoms with Crippen molar-refractivity contribution in [2.75, 3.05) is 0 Å². The molecule has 0 spiro atoms. The third kappa shape index (κ3) is 3.76. The molecular weight excluding hydrogens is 198 g/mol. The minimum Gasteiger partial charge on any atom is -0.421 e. The molecule has 0 aromatic carbocycles. The number of hydrogen-bond donors (Lipinski definition) is 0. The number of carbonyl (C=O) groups is 2. The number of rotatable bonds is 3. The first kappa shape index (κ1) is 11.2. The van der Waals surface area contributed by atoms with Crippen LogP contribution in [0.4, 0.5) is 0 Å². The fraction of sp³-hybridized carbons (Fsp3) is 0.300. The van der Waals surface area contributed by atoms with Crippen molar-refractivity contribution in [3.63, 3.8) is 0 Å². The molecule has 0 amide bonds. The SMILES string of the molecule is CC(=O)OC(OC(C)=O)c1cccnc1. The number of aromatic nitrogens is 1. The van der Waals surface area contributed by atoms with E-state index in [1.165, 1.54) is 20.0 Å². The first-order chi connectivity index (χ1) is 7.09. The van der Waals surface area contributed by atoms with Gasteiger partial charge in [-0.25, -0.2) is 0 Å². The highest BCUT2D eigenvalue weighted by molar-refractivity contribution is 5.68. The van der Waals surface area contributed by atoms with Crippen LogP contribution < -0.4 is 0 Å². The predicted molar refractivity (Wildman–Crippen MR) is 50.5 cm³/mol. The Morgan fingerprint density at radius 2 is 1.87 bits per heavy atom. The standard InChI is InChI=1S/C10H11NO4/c1-7(12)14-10(15-8(2)13)9-4-3-5-11-6-9/h3-6,10H,1-2H3. The number of esters is 2. The summed E-state index contributed by atoms with van der Waals surface area (Å²) in [6, 6.07) is 3.32. The van der Waals surface area contributed by atoms with Gasteiger partial charge in [-0.2, -0.15) is 0 Å². The van der Waals surface area contributed by atoms with Crippen LogP contribution in [-0.4, -0.2) is 16.9 Å². The van der Waals surface area contributed by atoms with E-state index in [4.69, 9.17) is 9.47 Å². The molecule has 0 saturated heterocycles. The van der Waals surface area contributed by atoms with E-state index >= 15 is 0 Å². The van der Waals surface area contributed by atoms with Crippen LogP contribution in [0.3, 0.4) is 0 Å². The van der Waals surface area contributed by atoms with Crippen LogP contribution in [0.15, 0.2) is 24.5 Å². The van der Waals surface area contributed by atoms with Gasteiger partial charge in [0.2, 0.25) is 0 Å². The smallest absolute Gasteiger partial charge is 0.305 e. The zero-order valence-electron chi connectivity index (χ0n) is 8.47. The van der Waals surface area contributed by atoms with E-state index in [2.05, 4.69) is 4.98 Å². The highest BCUT2D eigenvalue weighted by Gasteiger charge is 2.17. The molecule has 1 aromatic rings. The zero-order valence-corrected chi connectivity index (χ0v) is 8.47. The van der Waals surface area contributed by atoms with E-state index in [1.54, 1.807) is 18.3 Å². The topological polar surface area (TPSA) is 65.5 Å². The molecule has 0 saturated carbocycles. The molecule has 1 rings (SSSR count). The number of nitrogens with zero attached hydrogens (tertiary/aromatic N) is 1. The number of hydrogen-bond acceptors (Lipinski definition) is 5. The molecule has 1 aromatic heterocycles. The van der Waals surface area contributed by atoms with Gasteiger partial charge in [0.1, 0.15) is 0 Å². The second-order valence-electron chi connectivity index (χ2n) is 2.84. The lowest BCUT2D eigenvalue weighted by atomic mass is 10.3. The highest BCUT2D eigenvalue weighted by atomic mass is 16.7. The Labute approximate surface area is 87.0 Å². The van der Waals surface area contributed by atoms with Crippen LogP contribution in [0, 0.1) is 0 Å². The van der Waals surface area contributed by atoms with Gasteiger partial charge in [0.15, 0.2) is 0 Å². The lowest BCUT2D eigenvalue weighted by Crippen LogP contribution is -2.15. The van der Waals surface area contributed by atoms with Crippen molar-refractivity contribution in [1.29, 1.82) is 0 Å². The van der Waals surface area contributed by atoms with Gasteiger partial charge in [0.25, 0.3) is 6.29 Å². The summed E-state index contributed by atoms with van der Waals surface area (Å²) in [5, 5.41) is 0. The van der Waals surface area contributed by atoms with Crippen molar-refractivity contribution in [2.24, 2.45) is 0 Å². The number of ether oxygens (including phenoxy) is 2. The monoisotopic (exact) mass is 209 g/mol. The molecule has 0 bridgehead atoms. The maximum atomic E-state index is 10.8. The zero-order chi connectivity index (χ0) is 11.3. The lowest BCUT2D eigenvalue weighted by molar-refractivity contribution is -0.186. The van der Waals surface area contributed by atoms with Crippen molar-refractivity contribution in [1.82, 2.24) is 4.98 Å². The second-order valence-corrected chi connectivity index (χ2v) is 2.84. The maximum Gasteiger partial charge on any atom is 0.305 e. The van der Waals surface area contributed by atoms with E-state index in [1.807, 2.05) is 0 Å². The Balaban J connectivity index is 2.81. The summed E-state index contributed by atoms with van der Waals surface area (Å²) in [6.45, 7) is 2.49. The van der Waals surface area contributed by atoms with E-state index in [9.17, 15) is 9.59 Å². The van der Waals surface area contributed by atoms with Gasteiger partial charge in [-0.3, -0.25) is 14.6 Å². The average Bonchev–Trinajstić information content (AvgIpc) is 2.17. The third-order valence-electron chi connectivity index (χ3n) is 1.50. The Kier molecular flexibility index (Phi) is 3.79. The van der Waals surface area contributed by atoms with Crippen LogP contribution in [0.25, 0.3) is 0 Å². The molecule has 1 heterocycles. The molecule has 15 heavy (non-hydrogen) atoms. The average molecular weight is 209 g/mol. The third-order valence-corrected chi connectivity index (χ3v) is 1.50. The van der Waals surface area contributed by atoms with Gasteiger partial charge in [-0.05, 0) is 12.1 Å². The molecule has 0 unspecified atom stereocenters. The summed E-state index contributed by atoms with van der Waals surface area (Å²) >= 11 is 0. The summed E-state index contributed by atoms with van der Waals surface area (Å²) in [4.78, 5) is 25.4. The largest absolute Gasteiger partial charge is 0.421 e. The summed E-state index contributed by atoms with van der Waals surface area (Å²) in [5.41, 5.74) is 0.517. The van der Waals surface area contributed by atoms with Crippen molar-refractivity contribution in [3.8, 4) is 0 Å². The normalized spacial score (nSPS) is 9.80. The summed E-state index contributed by atoms with van der Waals surface area (Å²) in [6.07, 6.45) is 2.02. The van der Waals surface area contributed by atoms with E-state index < -0.39 is 18.2 Å². The van der Waals surface area contributed by atoms with Gasteiger partial charge in [0, 0.05) is 26.2 Å². The van der Waals surface area contributed by atoms with Crippen LogP contribution in [0.5, 0.6) is 0 Å². The van der Waals surface area contributed by atoms with E-state index in [-0.39, 0.29) is 0 Å². The van der Waals surface area contributed by atoms with Crippen molar-refractivity contribution in [3.05, 3.63) is 30.1 Å². The first-order valence-electron chi connectivity index (χ1n) is 4.34. The van der Waals surface area contributed by atoms with E-state index in [0.717, 1.165) is 0 Å². The Bertz CT molecular complexity index is 334. The molecule has 0 aliphatic heterocycles. The van der Waals surface area contributed by atoms with E-state index in [0.29, 0.717) is 5.56 Å². The molecule has 0 aliphatic carbocycles. The first-order valence-corrected chi connectivity index (χ1v) is 4.34. The Morgan fingerprint density at radius 3 is 2.27 bits per heavy atom. The molecule has 0 radical (unpaired) electrons. The van der Waals surface area contributed by atoms with Gasteiger partial charge in [0.05, 0.1) is 5.56 Å². The Hall–Kier alpha value is -1.91. The molecule has 0 N–H and O–H groups in total. The number of carbonyl (C=O) groups excluding carboxylic acids is 2. The van der Waals surface area contributed by atoms with Crippen LogP contribution in [0.2, 0.25) is 0 Å². The van der Waals surface area contributed by atoms with Crippen molar-refractivity contribution < 1.29 is 19.1 Å². The predicted octanol–water partition coefficient (Wildman–Crippen LogP) is 1.21. The lowest BCUT2D eigenvalue weighted by Gasteiger charge is -2.16. The summed E-state index contributed by atoms with van der Waals surface area (Å²) < 4.78 is 9.65. The maximum absolute atomic E-state index is 10.8. The molecule has 0 atom stereocenters. The minimum atomic E-state index is -1.02. The van der Waals surface area contributed by atoms with Crippen molar-refractivity contribution in [2.45, 2.75) is 20.1 Å². The molecule has 5 heteroatoms. The van der Waals surface area contributed by atoms with Crippen LogP contribution in [-0.2, 0) is 19.1 Å². The quantitative estimate of drug-likeness (QED) is 0.553. The van der Waals surface area contributed by atoms with Gasteiger partial charge in [-0.1, -0.05) is 0 Å². The van der Waals surface area contributed by atoms with Gasteiger partial charge < -0.3 is 9.47 Å². The van der Waals surface area contributed by atoms with Crippen LogP contribution in [0.1, 0.15) is 25.7 Å². The molecule has 0 aliphatic rings. The Morgan fingerprint density at radius 1 is 1.27 bits per heavy atom. The fourth-order valence-corrected chi connectivity index (χ4v) is 0.977. The second kappa shape index (κ2) is 5.09. The molecular formula is C10H11NO4. The highest BCUT2D eigenvalue weighted by Crippen LogP contribution is 2.17. The summed E-state index contributed by atoms with van der Waals surface area (Å²) in [5.74, 6) is -1.05. The fourth-order valence-electron chi connectivity index (χ4n) is 0.977. The molecule has 0 fully saturated rings. The summed E-state index contributed by atoms with van der Waals surface area (Å²) in [7, 11) is 0. The number of pyridine rings is 1. The molecule has 80 valence electrons. The molecule has 5 nitrogen and oxygen atoms in total. The minimum absolute atomic E-state index is 0.517. The van der Waals surface area contributed by atoms with Gasteiger partial charge >= 0.3 is 11.9 Å². The van der Waals surface area contributed by atoms with Gasteiger partial charge in [-0.15, -0.1) is 0 Å².